The number of carboxylic acids is 1. The van der Waals surface area contributed by atoms with Crippen molar-refractivity contribution in [1.82, 2.24) is 9.21 Å². The van der Waals surface area contributed by atoms with Gasteiger partial charge in [0.1, 0.15) is 0 Å². The molecule has 0 saturated carbocycles. The SMILES string of the molecule is CC(=O)N1CCCN(S(=O)(=O)CCC(=O)O)CC1. The fraction of sp³-hybridized carbons (Fsp3) is 0.800. The molecular weight excluding hydrogens is 260 g/mol. The van der Waals surface area contributed by atoms with Crippen LogP contribution >= 0.6 is 0 Å². The van der Waals surface area contributed by atoms with Gasteiger partial charge >= 0.3 is 5.97 Å². The van der Waals surface area contributed by atoms with E-state index in [0.717, 1.165) is 0 Å². The highest BCUT2D eigenvalue weighted by Gasteiger charge is 2.26. The Morgan fingerprint density at radius 2 is 1.83 bits per heavy atom. The molecule has 0 atom stereocenters. The summed E-state index contributed by atoms with van der Waals surface area (Å²) < 4.78 is 25.0. The van der Waals surface area contributed by atoms with Crippen molar-refractivity contribution in [3.05, 3.63) is 0 Å². The van der Waals surface area contributed by atoms with E-state index in [1.54, 1.807) is 4.90 Å². The molecule has 104 valence electrons. The molecule has 0 unspecified atom stereocenters. The molecule has 0 spiro atoms. The molecule has 1 amide bonds. The monoisotopic (exact) mass is 278 g/mol. The van der Waals surface area contributed by atoms with Crippen molar-refractivity contribution in [2.75, 3.05) is 31.9 Å². The zero-order valence-corrected chi connectivity index (χ0v) is 11.1. The Labute approximate surface area is 106 Å². The summed E-state index contributed by atoms with van der Waals surface area (Å²) in [6, 6.07) is 0. The largest absolute Gasteiger partial charge is 0.481 e. The summed E-state index contributed by atoms with van der Waals surface area (Å²) in [5.41, 5.74) is 0. The van der Waals surface area contributed by atoms with Crippen LogP contribution in [0.2, 0.25) is 0 Å². The Morgan fingerprint density at radius 3 is 2.39 bits per heavy atom. The second-order valence-electron chi connectivity index (χ2n) is 4.22. The Hall–Kier alpha value is -1.15. The van der Waals surface area contributed by atoms with Gasteiger partial charge in [0.25, 0.3) is 0 Å². The van der Waals surface area contributed by atoms with E-state index in [2.05, 4.69) is 0 Å². The van der Waals surface area contributed by atoms with Crippen molar-refractivity contribution >= 4 is 21.9 Å². The Bertz CT molecular complexity index is 420. The molecule has 1 heterocycles. The standard InChI is InChI=1S/C10H18N2O5S/c1-9(13)11-4-2-5-12(7-6-11)18(16,17)8-3-10(14)15/h2-8H2,1H3,(H,14,15). The van der Waals surface area contributed by atoms with Crippen LogP contribution in [0.5, 0.6) is 0 Å². The van der Waals surface area contributed by atoms with Gasteiger partial charge in [-0.25, -0.2) is 12.7 Å². The smallest absolute Gasteiger partial charge is 0.304 e. The lowest BCUT2D eigenvalue weighted by molar-refractivity contribution is -0.136. The van der Waals surface area contributed by atoms with Gasteiger partial charge in [0, 0.05) is 33.1 Å². The van der Waals surface area contributed by atoms with Crippen molar-refractivity contribution in [1.29, 1.82) is 0 Å². The molecule has 1 rings (SSSR count). The molecule has 1 N–H and O–H groups in total. The van der Waals surface area contributed by atoms with E-state index in [1.165, 1.54) is 11.2 Å². The first kappa shape index (κ1) is 14.9. The van der Waals surface area contributed by atoms with E-state index in [9.17, 15) is 18.0 Å². The molecule has 1 fully saturated rings. The predicted molar refractivity (Wildman–Crippen MR) is 64.5 cm³/mol. The highest BCUT2D eigenvalue weighted by Crippen LogP contribution is 2.09. The van der Waals surface area contributed by atoms with Crippen molar-refractivity contribution < 1.29 is 23.1 Å². The third kappa shape index (κ3) is 4.26. The quantitative estimate of drug-likeness (QED) is 0.737. The van der Waals surface area contributed by atoms with Crippen molar-refractivity contribution in [2.45, 2.75) is 19.8 Å². The lowest BCUT2D eigenvalue weighted by atomic mass is 10.4. The summed E-state index contributed by atoms with van der Waals surface area (Å²) in [5.74, 6) is -1.58. The van der Waals surface area contributed by atoms with Crippen LogP contribution in [0.4, 0.5) is 0 Å². The van der Waals surface area contributed by atoms with E-state index in [0.29, 0.717) is 26.1 Å². The maximum Gasteiger partial charge on any atom is 0.304 e. The zero-order chi connectivity index (χ0) is 13.8. The average molecular weight is 278 g/mol. The molecular formula is C10H18N2O5S. The van der Waals surface area contributed by atoms with Gasteiger partial charge in [-0.05, 0) is 6.42 Å². The van der Waals surface area contributed by atoms with Gasteiger partial charge in [-0.15, -0.1) is 0 Å². The first-order valence-corrected chi connectivity index (χ1v) is 7.39. The number of aliphatic carboxylic acids is 1. The van der Waals surface area contributed by atoms with Crippen LogP contribution in [0.1, 0.15) is 19.8 Å². The number of hydrogen-bond acceptors (Lipinski definition) is 4. The zero-order valence-electron chi connectivity index (χ0n) is 10.3. The maximum atomic E-state index is 11.9. The van der Waals surface area contributed by atoms with Crippen molar-refractivity contribution in [2.24, 2.45) is 0 Å². The molecule has 0 aromatic heterocycles. The molecule has 0 aliphatic carbocycles. The third-order valence-electron chi connectivity index (χ3n) is 2.87. The fourth-order valence-corrected chi connectivity index (χ4v) is 3.29. The van der Waals surface area contributed by atoms with Crippen LogP contribution < -0.4 is 0 Å². The summed E-state index contributed by atoms with van der Waals surface area (Å²) >= 11 is 0. The number of carboxylic acid groups (broad SMARTS) is 1. The minimum absolute atomic E-state index is 0.0696. The second kappa shape index (κ2) is 6.14. The molecule has 18 heavy (non-hydrogen) atoms. The minimum atomic E-state index is -3.54. The molecule has 1 aliphatic heterocycles. The van der Waals surface area contributed by atoms with Gasteiger partial charge in [0.05, 0.1) is 12.2 Å². The topological polar surface area (TPSA) is 95.0 Å². The number of carbonyl (C=O) groups is 2. The van der Waals surface area contributed by atoms with Crippen molar-refractivity contribution in [3.8, 4) is 0 Å². The Kier molecular flexibility index (Phi) is 5.09. The summed E-state index contributed by atoms with van der Waals surface area (Å²) in [6.45, 7) is 2.93. The van der Waals surface area contributed by atoms with Crippen LogP contribution in [0, 0.1) is 0 Å². The highest BCUT2D eigenvalue weighted by atomic mass is 32.2. The van der Waals surface area contributed by atoms with Crippen molar-refractivity contribution in [3.63, 3.8) is 0 Å². The van der Waals surface area contributed by atoms with Crippen LogP contribution in [-0.2, 0) is 19.6 Å². The molecule has 0 bridgehead atoms. The molecule has 1 saturated heterocycles. The van der Waals surface area contributed by atoms with Crippen LogP contribution in [0.3, 0.4) is 0 Å². The number of nitrogens with zero attached hydrogens (tertiary/aromatic N) is 2. The lowest BCUT2D eigenvalue weighted by Gasteiger charge is -2.20. The van der Waals surface area contributed by atoms with Gasteiger partial charge < -0.3 is 10.0 Å². The number of sulfonamides is 1. The summed E-state index contributed by atoms with van der Waals surface area (Å²) in [6.07, 6.45) is 0.182. The predicted octanol–water partition coefficient (Wildman–Crippen LogP) is -0.655. The van der Waals surface area contributed by atoms with Gasteiger partial charge in [-0.3, -0.25) is 9.59 Å². The van der Waals surface area contributed by atoms with Gasteiger partial charge in [0.2, 0.25) is 15.9 Å². The van der Waals surface area contributed by atoms with E-state index in [1.807, 2.05) is 0 Å². The Balaban J connectivity index is 2.61. The number of hydrogen-bond donors (Lipinski definition) is 1. The second-order valence-corrected chi connectivity index (χ2v) is 6.31. The van der Waals surface area contributed by atoms with Crippen LogP contribution in [0.25, 0.3) is 0 Å². The third-order valence-corrected chi connectivity index (χ3v) is 4.74. The molecule has 0 radical (unpaired) electrons. The van der Waals surface area contributed by atoms with Crippen LogP contribution in [-0.4, -0.2) is 66.5 Å². The molecule has 0 aromatic rings. The van der Waals surface area contributed by atoms with Crippen LogP contribution in [0.15, 0.2) is 0 Å². The Morgan fingerprint density at radius 1 is 1.17 bits per heavy atom. The number of rotatable bonds is 4. The first-order valence-electron chi connectivity index (χ1n) is 5.78. The van der Waals surface area contributed by atoms with E-state index < -0.39 is 22.4 Å². The van der Waals surface area contributed by atoms with E-state index in [-0.39, 0.29) is 18.2 Å². The highest BCUT2D eigenvalue weighted by molar-refractivity contribution is 7.89. The lowest BCUT2D eigenvalue weighted by Crippen LogP contribution is -2.38. The van der Waals surface area contributed by atoms with Gasteiger partial charge in [-0.2, -0.15) is 0 Å². The summed E-state index contributed by atoms with van der Waals surface area (Å²) in [5, 5.41) is 8.51. The molecule has 1 aliphatic rings. The fourth-order valence-electron chi connectivity index (χ4n) is 1.83. The number of carbonyl (C=O) groups excluding carboxylic acids is 1. The van der Waals surface area contributed by atoms with E-state index in [4.69, 9.17) is 5.11 Å². The molecule has 7 nitrogen and oxygen atoms in total. The minimum Gasteiger partial charge on any atom is -0.481 e. The maximum absolute atomic E-state index is 11.9. The van der Waals surface area contributed by atoms with Gasteiger partial charge in [-0.1, -0.05) is 0 Å². The molecule has 0 aromatic carbocycles. The van der Waals surface area contributed by atoms with Gasteiger partial charge in [0.15, 0.2) is 0 Å². The normalized spacial score (nSPS) is 18.4. The first-order chi connectivity index (χ1) is 8.33. The summed E-state index contributed by atoms with van der Waals surface area (Å²) in [7, 11) is -3.54. The summed E-state index contributed by atoms with van der Waals surface area (Å²) in [4.78, 5) is 23.2. The average Bonchev–Trinajstić information content (AvgIpc) is 2.52. The number of amides is 1. The van der Waals surface area contributed by atoms with E-state index >= 15 is 0 Å². The molecule has 8 heteroatoms.